The first kappa shape index (κ1) is 18.9. The Bertz CT molecular complexity index is 859. The summed E-state index contributed by atoms with van der Waals surface area (Å²) in [5.74, 6) is 0.742. The fourth-order valence-corrected chi connectivity index (χ4v) is 3.15. The van der Waals surface area contributed by atoms with Crippen LogP contribution in [0.4, 0.5) is 5.13 Å². The molecule has 25 heavy (non-hydrogen) atoms. The van der Waals surface area contributed by atoms with Crippen LogP contribution in [-0.4, -0.2) is 28.2 Å². The first-order valence-corrected chi connectivity index (χ1v) is 9.18. The number of nitrogens with zero attached hydrogens (tertiary/aromatic N) is 3. The van der Waals surface area contributed by atoms with Crippen molar-refractivity contribution in [1.82, 2.24) is 14.5 Å². The summed E-state index contributed by atoms with van der Waals surface area (Å²) < 4.78 is 7.34. The Labute approximate surface area is 151 Å². The second-order valence-corrected chi connectivity index (χ2v) is 6.19. The number of methoxy groups -OCH3 is 1. The van der Waals surface area contributed by atoms with Gasteiger partial charge in [0.25, 0.3) is 0 Å². The molecule has 0 spiro atoms. The Balaban J connectivity index is 0.00000109. The standard InChI is InChI=1S/C16H18N4O2S.C2H6/c1-11-8-12-13(9-14(11)22-2)19-16(23-15(12)21)18-4-3-6-20-7-5-17-10-20;1-2/h5,7-10H,3-4,6H2,1-2H3,(H,18,19);1-2H3. The zero-order chi connectivity index (χ0) is 18.2. The van der Waals surface area contributed by atoms with Crippen LogP contribution in [0.5, 0.6) is 5.75 Å². The van der Waals surface area contributed by atoms with Crippen LogP contribution in [0.25, 0.3) is 10.9 Å². The lowest BCUT2D eigenvalue weighted by atomic mass is 10.1. The van der Waals surface area contributed by atoms with Gasteiger partial charge >= 0.3 is 0 Å². The molecule has 2 heterocycles. The van der Waals surface area contributed by atoms with Crippen LogP contribution in [0.3, 0.4) is 0 Å². The monoisotopic (exact) mass is 360 g/mol. The zero-order valence-corrected chi connectivity index (χ0v) is 15.9. The van der Waals surface area contributed by atoms with E-state index in [1.807, 2.05) is 43.7 Å². The van der Waals surface area contributed by atoms with Gasteiger partial charge in [0, 0.05) is 31.5 Å². The molecule has 1 aromatic carbocycles. The molecular weight excluding hydrogens is 336 g/mol. The molecule has 0 radical (unpaired) electrons. The van der Waals surface area contributed by atoms with Crippen LogP contribution in [0.2, 0.25) is 0 Å². The smallest absolute Gasteiger partial charge is 0.245 e. The van der Waals surface area contributed by atoms with Gasteiger partial charge in [0.15, 0.2) is 5.13 Å². The average Bonchev–Trinajstić information content (AvgIpc) is 3.14. The highest BCUT2D eigenvalue weighted by atomic mass is 32.1. The van der Waals surface area contributed by atoms with Crippen LogP contribution in [-0.2, 0) is 6.54 Å². The van der Waals surface area contributed by atoms with E-state index in [1.165, 1.54) is 0 Å². The zero-order valence-electron chi connectivity index (χ0n) is 15.1. The van der Waals surface area contributed by atoms with Crippen molar-refractivity contribution >= 4 is 27.4 Å². The van der Waals surface area contributed by atoms with E-state index in [9.17, 15) is 4.79 Å². The molecule has 0 bridgehead atoms. The van der Waals surface area contributed by atoms with Crippen LogP contribution < -0.4 is 14.8 Å². The number of aromatic nitrogens is 3. The summed E-state index contributed by atoms with van der Waals surface area (Å²) in [4.78, 5) is 20.8. The van der Waals surface area contributed by atoms with Crippen LogP contribution in [0.15, 0.2) is 35.6 Å². The number of rotatable bonds is 6. The largest absolute Gasteiger partial charge is 0.496 e. The molecular formula is C18H24N4O2S. The Kier molecular flexibility index (Phi) is 6.94. The van der Waals surface area contributed by atoms with Gasteiger partial charge in [-0.15, -0.1) is 0 Å². The Hall–Kier alpha value is -2.41. The molecule has 0 saturated heterocycles. The number of hydrogen-bond acceptors (Lipinski definition) is 6. The van der Waals surface area contributed by atoms with Gasteiger partial charge in [0.2, 0.25) is 4.74 Å². The highest BCUT2D eigenvalue weighted by Gasteiger charge is 2.08. The summed E-state index contributed by atoms with van der Waals surface area (Å²) in [5.41, 5.74) is 1.60. The molecule has 3 rings (SSSR count). The first-order chi connectivity index (χ1) is 12.2. The molecule has 0 aliphatic heterocycles. The lowest BCUT2D eigenvalue weighted by Crippen LogP contribution is -2.08. The average molecular weight is 360 g/mol. The quantitative estimate of drug-likeness (QED) is 0.679. The summed E-state index contributed by atoms with van der Waals surface area (Å²) in [7, 11) is 1.62. The van der Waals surface area contributed by atoms with Crippen molar-refractivity contribution in [3.63, 3.8) is 0 Å². The van der Waals surface area contributed by atoms with Crippen molar-refractivity contribution in [3.05, 3.63) is 46.0 Å². The van der Waals surface area contributed by atoms with Crippen molar-refractivity contribution in [1.29, 1.82) is 0 Å². The van der Waals surface area contributed by atoms with E-state index in [1.54, 1.807) is 19.6 Å². The lowest BCUT2D eigenvalue weighted by Gasteiger charge is -2.08. The van der Waals surface area contributed by atoms with Crippen molar-refractivity contribution in [3.8, 4) is 5.75 Å². The number of imidazole rings is 1. The molecule has 0 fully saturated rings. The third-order valence-electron chi connectivity index (χ3n) is 3.57. The van der Waals surface area contributed by atoms with Gasteiger partial charge < -0.3 is 14.6 Å². The fraction of sp³-hybridized carbons (Fsp3) is 0.389. The van der Waals surface area contributed by atoms with Crippen LogP contribution >= 0.6 is 11.3 Å². The summed E-state index contributed by atoms with van der Waals surface area (Å²) in [6, 6.07) is 3.65. The molecule has 3 aromatic rings. The van der Waals surface area contributed by atoms with E-state index in [0.717, 1.165) is 42.2 Å². The molecule has 0 unspecified atom stereocenters. The third-order valence-corrected chi connectivity index (χ3v) is 4.41. The van der Waals surface area contributed by atoms with Crippen molar-refractivity contribution in [2.75, 3.05) is 19.0 Å². The summed E-state index contributed by atoms with van der Waals surface area (Å²) >= 11 is 1.14. The minimum atomic E-state index is 0.0119. The number of fused-ring (bicyclic) bond motifs is 1. The normalized spacial score (nSPS) is 10.2. The van der Waals surface area contributed by atoms with E-state index < -0.39 is 0 Å². The van der Waals surface area contributed by atoms with E-state index in [0.29, 0.717) is 16.0 Å². The Morgan fingerprint density at radius 1 is 1.32 bits per heavy atom. The topological polar surface area (TPSA) is 69.0 Å². The van der Waals surface area contributed by atoms with Crippen molar-refractivity contribution in [2.45, 2.75) is 33.7 Å². The van der Waals surface area contributed by atoms with Crippen LogP contribution in [0, 0.1) is 6.92 Å². The Morgan fingerprint density at radius 3 is 2.80 bits per heavy atom. The maximum absolute atomic E-state index is 12.3. The number of anilines is 1. The summed E-state index contributed by atoms with van der Waals surface area (Å²) in [6.45, 7) is 7.54. The van der Waals surface area contributed by atoms with Crippen LogP contribution in [0.1, 0.15) is 25.8 Å². The molecule has 1 N–H and O–H groups in total. The van der Waals surface area contributed by atoms with E-state index >= 15 is 0 Å². The molecule has 7 heteroatoms. The summed E-state index contributed by atoms with van der Waals surface area (Å²) in [5, 5.41) is 4.50. The van der Waals surface area contributed by atoms with Gasteiger partial charge in [-0.25, -0.2) is 9.97 Å². The molecule has 6 nitrogen and oxygen atoms in total. The second kappa shape index (κ2) is 9.17. The van der Waals surface area contributed by atoms with Gasteiger partial charge in [0.1, 0.15) is 5.75 Å². The maximum atomic E-state index is 12.3. The van der Waals surface area contributed by atoms with E-state index in [2.05, 4.69) is 15.3 Å². The molecule has 134 valence electrons. The van der Waals surface area contributed by atoms with E-state index in [4.69, 9.17) is 4.74 Å². The molecule has 0 atom stereocenters. The minimum Gasteiger partial charge on any atom is -0.496 e. The second-order valence-electron chi connectivity index (χ2n) is 5.23. The highest BCUT2D eigenvalue weighted by molar-refractivity contribution is 7.13. The minimum absolute atomic E-state index is 0.0119. The van der Waals surface area contributed by atoms with Gasteiger partial charge in [-0.1, -0.05) is 25.2 Å². The molecule has 0 amide bonds. The molecule has 0 saturated carbocycles. The van der Waals surface area contributed by atoms with Crippen molar-refractivity contribution < 1.29 is 4.74 Å². The predicted octanol–water partition coefficient (Wildman–Crippen LogP) is 3.70. The van der Waals surface area contributed by atoms with Crippen molar-refractivity contribution in [2.24, 2.45) is 0 Å². The molecule has 2 aromatic heterocycles. The van der Waals surface area contributed by atoms with Gasteiger partial charge in [-0.3, -0.25) is 4.79 Å². The molecule has 0 aliphatic carbocycles. The number of hydrogen-bond donors (Lipinski definition) is 1. The third kappa shape index (κ3) is 4.79. The first-order valence-electron chi connectivity index (χ1n) is 8.36. The number of aryl methyl sites for hydroxylation is 2. The number of nitrogens with one attached hydrogen (secondary N) is 1. The van der Waals surface area contributed by atoms with Gasteiger partial charge in [-0.05, 0) is 25.0 Å². The lowest BCUT2D eigenvalue weighted by molar-refractivity contribution is 0.412. The Morgan fingerprint density at radius 2 is 2.12 bits per heavy atom. The highest BCUT2D eigenvalue weighted by Crippen LogP contribution is 2.24. The molecule has 0 aliphatic rings. The number of benzene rings is 1. The summed E-state index contributed by atoms with van der Waals surface area (Å²) in [6.07, 6.45) is 6.41. The van der Waals surface area contributed by atoms with E-state index in [-0.39, 0.29) is 4.74 Å². The SMILES string of the molecule is CC.COc1cc2nc(NCCCn3ccnc3)sc(=O)c2cc1C. The maximum Gasteiger partial charge on any atom is 0.245 e. The fourth-order valence-electron chi connectivity index (χ4n) is 2.38. The predicted molar refractivity (Wildman–Crippen MR) is 104 cm³/mol. The van der Waals surface area contributed by atoms with Gasteiger partial charge in [0.05, 0.1) is 24.3 Å². The number of ether oxygens (including phenoxy) is 1. The van der Waals surface area contributed by atoms with Gasteiger partial charge in [-0.2, -0.15) is 0 Å².